The molecule has 0 aliphatic rings. The maximum atomic E-state index is 13.6. The standard InChI is InChI=1S/C18H22FNO/c1-13-10-16(12-17(19)11-13)18(20-2)15-6-4-14(5-7-15)8-9-21-3/h4-7,10-12,18,20H,8-9H2,1-3H3. The molecular weight excluding hydrogens is 265 g/mol. The lowest BCUT2D eigenvalue weighted by Gasteiger charge is -2.18. The van der Waals surface area contributed by atoms with Gasteiger partial charge in [0.2, 0.25) is 0 Å². The lowest BCUT2D eigenvalue weighted by Crippen LogP contribution is -2.18. The van der Waals surface area contributed by atoms with Gasteiger partial charge in [-0.2, -0.15) is 0 Å². The Morgan fingerprint density at radius 2 is 1.81 bits per heavy atom. The molecule has 2 aromatic carbocycles. The molecule has 0 aliphatic heterocycles. The van der Waals surface area contributed by atoms with Crippen LogP contribution in [0.25, 0.3) is 0 Å². The van der Waals surface area contributed by atoms with Crippen LogP contribution >= 0.6 is 0 Å². The average molecular weight is 287 g/mol. The van der Waals surface area contributed by atoms with Gasteiger partial charge < -0.3 is 10.1 Å². The number of hydrogen-bond donors (Lipinski definition) is 1. The number of methoxy groups -OCH3 is 1. The van der Waals surface area contributed by atoms with E-state index < -0.39 is 0 Å². The van der Waals surface area contributed by atoms with Crippen LogP contribution in [0.4, 0.5) is 4.39 Å². The van der Waals surface area contributed by atoms with Gasteiger partial charge in [0.25, 0.3) is 0 Å². The summed E-state index contributed by atoms with van der Waals surface area (Å²) < 4.78 is 18.7. The molecule has 2 aromatic rings. The molecule has 1 atom stereocenters. The second-order valence-corrected chi connectivity index (χ2v) is 5.27. The number of aryl methyl sites for hydroxylation is 1. The zero-order valence-corrected chi connectivity index (χ0v) is 12.8. The van der Waals surface area contributed by atoms with E-state index in [9.17, 15) is 4.39 Å². The first-order chi connectivity index (χ1) is 10.1. The molecule has 0 aromatic heterocycles. The van der Waals surface area contributed by atoms with Crippen molar-refractivity contribution in [2.45, 2.75) is 19.4 Å². The van der Waals surface area contributed by atoms with Gasteiger partial charge in [-0.05, 0) is 54.8 Å². The van der Waals surface area contributed by atoms with E-state index in [0.717, 1.165) is 29.7 Å². The Balaban J connectivity index is 2.24. The molecule has 0 amide bonds. The van der Waals surface area contributed by atoms with Crippen molar-refractivity contribution in [2.75, 3.05) is 20.8 Å². The fourth-order valence-corrected chi connectivity index (χ4v) is 2.55. The number of hydrogen-bond acceptors (Lipinski definition) is 2. The molecule has 3 heteroatoms. The Morgan fingerprint density at radius 1 is 1.10 bits per heavy atom. The van der Waals surface area contributed by atoms with Gasteiger partial charge in [-0.3, -0.25) is 0 Å². The predicted octanol–water partition coefficient (Wildman–Crippen LogP) is 3.63. The van der Waals surface area contributed by atoms with Gasteiger partial charge in [-0.1, -0.05) is 30.3 Å². The summed E-state index contributed by atoms with van der Waals surface area (Å²) in [5.41, 5.74) is 4.25. The van der Waals surface area contributed by atoms with Crippen LogP contribution < -0.4 is 5.32 Å². The SMILES string of the molecule is CNC(c1ccc(CCOC)cc1)c1cc(C)cc(F)c1. The fourth-order valence-electron chi connectivity index (χ4n) is 2.55. The third kappa shape index (κ3) is 4.13. The van der Waals surface area contributed by atoms with Crippen LogP contribution in [-0.2, 0) is 11.2 Å². The summed E-state index contributed by atoms with van der Waals surface area (Å²) in [7, 11) is 3.60. The lowest BCUT2D eigenvalue weighted by molar-refractivity contribution is 0.202. The number of ether oxygens (including phenoxy) is 1. The predicted molar refractivity (Wildman–Crippen MR) is 84.1 cm³/mol. The van der Waals surface area contributed by atoms with Crippen molar-refractivity contribution in [1.29, 1.82) is 0 Å². The van der Waals surface area contributed by atoms with Crippen LogP contribution in [-0.4, -0.2) is 20.8 Å². The van der Waals surface area contributed by atoms with E-state index in [-0.39, 0.29) is 11.9 Å². The molecule has 0 saturated carbocycles. The third-order valence-electron chi connectivity index (χ3n) is 3.59. The molecule has 0 radical (unpaired) electrons. The van der Waals surface area contributed by atoms with Gasteiger partial charge in [-0.25, -0.2) is 4.39 Å². The zero-order valence-electron chi connectivity index (χ0n) is 12.8. The molecule has 2 nitrogen and oxygen atoms in total. The second kappa shape index (κ2) is 7.34. The van der Waals surface area contributed by atoms with Crippen LogP contribution in [0.5, 0.6) is 0 Å². The molecular formula is C18H22FNO. The van der Waals surface area contributed by atoms with Crippen LogP contribution in [0, 0.1) is 12.7 Å². The number of rotatable bonds is 6. The summed E-state index contributed by atoms with van der Waals surface area (Å²) in [6.45, 7) is 2.63. The highest BCUT2D eigenvalue weighted by atomic mass is 19.1. The molecule has 0 spiro atoms. The molecule has 0 fully saturated rings. The molecule has 0 heterocycles. The van der Waals surface area contributed by atoms with Gasteiger partial charge in [0.05, 0.1) is 12.6 Å². The van der Waals surface area contributed by atoms with Gasteiger partial charge in [-0.15, -0.1) is 0 Å². The van der Waals surface area contributed by atoms with Gasteiger partial charge in [0.15, 0.2) is 0 Å². The highest BCUT2D eigenvalue weighted by molar-refractivity contribution is 5.35. The first-order valence-corrected chi connectivity index (χ1v) is 7.16. The largest absolute Gasteiger partial charge is 0.384 e. The quantitative estimate of drug-likeness (QED) is 0.876. The van der Waals surface area contributed by atoms with E-state index in [1.165, 1.54) is 5.56 Å². The second-order valence-electron chi connectivity index (χ2n) is 5.27. The molecule has 1 N–H and O–H groups in total. The average Bonchev–Trinajstić information content (AvgIpc) is 2.46. The van der Waals surface area contributed by atoms with Crippen molar-refractivity contribution in [3.63, 3.8) is 0 Å². The number of halogens is 1. The minimum Gasteiger partial charge on any atom is -0.384 e. The van der Waals surface area contributed by atoms with Crippen molar-refractivity contribution >= 4 is 0 Å². The van der Waals surface area contributed by atoms with Crippen molar-refractivity contribution in [1.82, 2.24) is 5.32 Å². The smallest absolute Gasteiger partial charge is 0.123 e. The van der Waals surface area contributed by atoms with Crippen molar-refractivity contribution in [3.05, 3.63) is 70.5 Å². The summed E-state index contributed by atoms with van der Waals surface area (Å²) >= 11 is 0. The first kappa shape index (κ1) is 15.7. The van der Waals surface area contributed by atoms with E-state index in [1.54, 1.807) is 19.2 Å². The van der Waals surface area contributed by atoms with Gasteiger partial charge in [0, 0.05) is 7.11 Å². The molecule has 1 unspecified atom stereocenters. The Kier molecular flexibility index (Phi) is 5.48. The molecule has 2 rings (SSSR count). The minimum absolute atomic E-state index is 0.00382. The Hall–Kier alpha value is -1.71. The fraction of sp³-hybridized carbons (Fsp3) is 0.333. The summed E-state index contributed by atoms with van der Waals surface area (Å²) in [6.07, 6.45) is 0.903. The number of benzene rings is 2. The van der Waals surface area contributed by atoms with E-state index in [4.69, 9.17) is 4.74 Å². The van der Waals surface area contributed by atoms with Crippen LogP contribution in [0.1, 0.15) is 28.3 Å². The maximum absolute atomic E-state index is 13.6. The summed E-state index contributed by atoms with van der Waals surface area (Å²) in [6, 6.07) is 13.5. The van der Waals surface area contributed by atoms with Crippen molar-refractivity contribution in [3.8, 4) is 0 Å². The van der Waals surface area contributed by atoms with E-state index in [0.29, 0.717) is 0 Å². The van der Waals surface area contributed by atoms with Crippen LogP contribution in [0.2, 0.25) is 0 Å². The van der Waals surface area contributed by atoms with Crippen molar-refractivity contribution < 1.29 is 9.13 Å². The Bertz CT molecular complexity index is 560. The van der Waals surface area contributed by atoms with E-state index in [1.807, 2.05) is 20.0 Å². The Labute approximate surface area is 126 Å². The lowest BCUT2D eigenvalue weighted by atomic mass is 9.96. The zero-order chi connectivity index (χ0) is 15.2. The molecule has 0 bridgehead atoms. The molecule has 0 aliphatic carbocycles. The summed E-state index contributed by atoms with van der Waals surface area (Å²) in [5, 5.41) is 3.26. The van der Waals surface area contributed by atoms with Crippen LogP contribution in [0.15, 0.2) is 42.5 Å². The summed E-state index contributed by atoms with van der Waals surface area (Å²) in [4.78, 5) is 0. The van der Waals surface area contributed by atoms with E-state index in [2.05, 4.69) is 29.6 Å². The van der Waals surface area contributed by atoms with E-state index >= 15 is 0 Å². The van der Waals surface area contributed by atoms with Crippen LogP contribution in [0.3, 0.4) is 0 Å². The van der Waals surface area contributed by atoms with Gasteiger partial charge >= 0.3 is 0 Å². The first-order valence-electron chi connectivity index (χ1n) is 7.16. The number of nitrogens with one attached hydrogen (secondary N) is 1. The highest BCUT2D eigenvalue weighted by Gasteiger charge is 2.13. The molecule has 0 saturated heterocycles. The Morgan fingerprint density at radius 3 is 2.38 bits per heavy atom. The topological polar surface area (TPSA) is 21.3 Å². The molecule has 21 heavy (non-hydrogen) atoms. The third-order valence-corrected chi connectivity index (χ3v) is 3.59. The maximum Gasteiger partial charge on any atom is 0.123 e. The normalized spacial score (nSPS) is 12.4. The van der Waals surface area contributed by atoms with Crippen molar-refractivity contribution in [2.24, 2.45) is 0 Å². The minimum atomic E-state index is -0.193. The highest BCUT2D eigenvalue weighted by Crippen LogP contribution is 2.24. The molecule has 112 valence electrons. The van der Waals surface area contributed by atoms with Gasteiger partial charge in [0.1, 0.15) is 5.82 Å². The summed E-state index contributed by atoms with van der Waals surface area (Å²) in [5.74, 6) is -0.193. The monoisotopic (exact) mass is 287 g/mol.